The van der Waals surface area contributed by atoms with Crippen LogP contribution >= 0.6 is 11.6 Å². The third-order valence-corrected chi connectivity index (χ3v) is 3.41. The molecule has 0 aliphatic rings. The first kappa shape index (κ1) is 14.8. The minimum Gasteiger partial charge on any atom is -0.492 e. The van der Waals surface area contributed by atoms with Crippen molar-refractivity contribution in [3.05, 3.63) is 58.9 Å². The van der Waals surface area contributed by atoms with Crippen molar-refractivity contribution >= 4 is 11.6 Å². The van der Waals surface area contributed by atoms with Gasteiger partial charge in [-0.1, -0.05) is 30.7 Å². The van der Waals surface area contributed by atoms with E-state index < -0.39 is 5.60 Å². The predicted octanol–water partition coefficient (Wildman–Crippen LogP) is 3.78. The quantitative estimate of drug-likeness (QED) is 0.911. The first-order chi connectivity index (χ1) is 9.54. The smallest absolute Gasteiger partial charge is 0.137 e. The Hall–Kier alpha value is -1.58. The second kappa shape index (κ2) is 6.25. The molecule has 1 N–H and O–H groups in total. The number of benzene rings is 1. The lowest BCUT2D eigenvalue weighted by Gasteiger charge is -2.24. The normalized spacial score (nSPS) is 13.8. The number of hydrogen-bond acceptors (Lipinski definition) is 3. The molecule has 4 heteroatoms. The van der Waals surface area contributed by atoms with Gasteiger partial charge in [-0.25, -0.2) is 0 Å². The van der Waals surface area contributed by atoms with Gasteiger partial charge < -0.3 is 9.84 Å². The standard InChI is InChI=1S/C16H18ClNO2/c1-3-8-20-15-9-13(10-18-11-15)16(2,19)12-4-6-14(17)7-5-12/h4-7,9-11,19H,3,8H2,1-2H3. The van der Waals surface area contributed by atoms with Gasteiger partial charge in [0.15, 0.2) is 0 Å². The number of ether oxygens (including phenoxy) is 1. The van der Waals surface area contributed by atoms with Crippen molar-refractivity contribution in [3.63, 3.8) is 0 Å². The predicted molar refractivity (Wildman–Crippen MR) is 80.1 cm³/mol. The van der Waals surface area contributed by atoms with E-state index >= 15 is 0 Å². The Morgan fingerprint density at radius 1 is 1.20 bits per heavy atom. The van der Waals surface area contributed by atoms with Gasteiger partial charge in [0.1, 0.15) is 11.4 Å². The monoisotopic (exact) mass is 291 g/mol. The van der Waals surface area contributed by atoms with Gasteiger partial charge in [0.2, 0.25) is 0 Å². The van der Waals surface area contributed by atoms with Gasteiger partial charge in [-0.15, -0.1) is 0 Å². The molecule has 0 radical (unpaired) electrons. The van der Waals surface area contributed by atoms with E-state index in [0.717, 1.165) is 12.0 Å². The lowest BCUT2D eigenvalue weighted by molar-refractivity contribution is 0.101. The van der Waals surface area contributed by atoms with Crippen molar-refractivity contribution in [2.45, 2.75) is 25.9 Å². The molecule has 0 bridgehead atoms. The number of aromatic nitrogens is 1. The molecule has 2 aromatic rings. The van der Waals surface area contributed by atoms with Gasteiger partial charge >= 0.3 is 0 Å². The largest absolute Gasteiger partial charge is 0.492 e. The van der Waals surface area contributed by atoms with Gasteiger partial charge in [0, 0.05) is 16.8 Å². The number of hydrogen-bond donors (Lipinski definition) is 1. The average molecular weight is 292 g/mol. The summed E-state index contributed by atoms with van der Waals surface area (Å²) in [5, 5.41) is 11.4. The van der Waals surface area contributed by atoms with Crippen molar-refractivity contribution in [1.29, 1.82) is 0 Å². The Morgan fingerprint density at radius 2 is 1.90 bits per heavy atom. The number of aliphatic hydroxyl groups is 1. The lowest BCUT2D eigenvalue weighted by atomic mass is 9.89. The number of rotatable bonds is 5. The zero-order valence-electron chi connectivity index (χ0n) is 11.6. The van der Waals surface area contributed by atoms with Crippen LogP contribution in [0.5, 0.6) is 5.75 Å². The topological polar surface area (TPSA) is 42.4 Å². The van der Waals surface area contributed by atoms with Gasteiger partial charge in [-0.2, -0.15) is 0 Å². The van der Waals surface area contributed by atoms with Crippen LogP contribution in [-0.2, 0) is 5.60 Å². The summed E-state index contributed by atoms with van der Waals surface area (Å²) < 4.78 is 5.55. The van der Waals surface area contributed by atoms with Crippen molar-refractivity contribution in [3.8, 4) is 5.75 Å². The van der Waals surface area contributed by atoms with E-state index in [1.165, 1.54) is 0 Å². The van der Waals surface area contributed by atoms with Crippen LogP contribution in [0.1, 0.15) is 31.4 Å². The van der Waals surface area contributed by atoms with Crippen LogP contribution in [0.4, 0.5) is 0 Å². The summed E-state index contributed by atoms with van der Waals surface area (Å²) in [6.07, 6.45) is 4.22. The summed E-state index contributed by atoms with van der Waals surface area (Å²) >= 11 is 5.88. The van der Waals surface area contributed by atoms with Crippen LogP contribution in [0.15, 0.2) is 42.7 Å². The Morgan fingerprint density at radius 3 is 2.55 bits per heavy atom. The van der Waals surface area contributed by atoms with E-state index in [-0.39, 0.29) is 0 Å². The molecule has 106 valence electrons. The van der Waals surface area contributed by atoms with Gasteiger partial charge in [0.25, 0.3) is 0 Å². The molecular formula is C16H18ClNO2. The fourth-order valence-corrected chi connectivity index (χ4v) is 2.05. The van der Waals surface area contributed by atoms with Gasteiger partial charge in [0.05, 0.1) is 12.8 Å². The highest BCUT2D eigenvalue weighted by atomic mass is 35.5. The SMILES string of the molecule is CCCOc1cncc(C(C)(O)c2ccc(Cl)cc2)c1. The van der Waals surface area contributed by atoms with E-state index in [0.29, 0.717) is 22.9 Å². The van der Waals surface area contributed by atoms with Crippen LogP contribution < -0.4 is 4.74 Å². The molecular weight excluding hydrogens is 274 g/mol. The fraction of sp³-hybridized carbons (Fsp3) is 0.312. The Bertz CT molecular complexity index is 567. The van der Waals surface area contributed by atoms with Crippen LogP contribution in [0.3, 0.4) is 0 Å². The molecule has 0 spiro atoms. The van der Waals surface area contributed by atoms with E-state index in [1.807, 2.05) is 25.1 Å². The first-order valence-corrected chi connectivity index (χ1v) is 6.98. The van der Waals surface area contributed by atoms with E-state index in [1.54, 1.807) is 31.5 Å². The zero-order valence-corrected chi connectivity index (χ0v) is 12.4. The van der Waals surface area contributed by atoms with Gasteiger partial charge in [-0.3, -0.25) is 4.98 Å². The van der Waals surface area contributed by atoms with E-state index in [9.17, 15) is 5.11 Å². The third-order valence-electron chi connectivity index (χ3n) is 3.15. The molecule has 1 heterocycles. The number of pyridine rings is 1. The van der Waals surface area contributed by atoms with Crippen molar-refractivity contribution in [2.24, 2.45) is 0 Å². The summed E-state index contributed by atoms with van der Waals surface area (Å²) in [6.45, 7) is 4.41. The molecule has 2 rings (SSSR count). The van der Waals surface area contributed by atoms with Crippen molar-refractivity contribution in [2.75, 3.05) is 6.61 Å². The molecule has 1 atom stereocenters. The van der Waals surface area contributed by atoms with E-state index in [4.69, 9.17) is 16.3 Å². The molecule has 1 aromatic carbocycles. The highest BCUT2D eigenvalue weighted by Crippen LogP contribution is 2.31. The first-order valence-electron chi connectivity index (χ1n) is 6.60. The van der Waals surface area contributed by atoms with Crippen molar-refractivity contribution < 1.29 is 9.84 Å². The highest BCUT2D eigenvalue weighted by molar-refractivity contribution is 6.30. The number of nitrogens with zero attached hydrogens (tertiary/aromatic N) is 1. The lowest BCUT2D eigenvalue weighted by Crippen LogP contribution is -2.23. The van der Waals surface area contributed by atoms with Crippen molar-refractivity contribution in [1.82, 2.24) is 4.98 Å². The van der Waals surface area contributed by atoms with Crippen LogP contribution in [0.25, 0.3) is 0 Å². The molecule has 3 nitrogen and oxygen atoms in total. The van der Waals surface area contributed by atoms with Crippen LogP contribution in [0.2, 0.25) is 5.02 Å². The van der Waals surface area contributed by atoms with Crippen LogP contribution in [-0.4, -0.2) is 16.7 Å². The molecule has 0 fully saturated rings. The molecule has 20 heavy (non-hydrogen) atoms. The van der Waals surface area contributed by atoms with Crippen LogP contribution in [0, 0.1) is 0 Å². The highest BCUT2D eigenvalue weighted by Gasteiger charge is 2.26. The molecule has 0 aliphatic heterocycles. The third kappa shape index (κ3) is 3.30. The molecule has 0 aliphatic carbocycles. The summed E-state index contributed by atoms with van der Waals surface area (Å²) in [6, 6.07) is 8.95. The molecule has 0 saturated heterocycles. The zero-order chi connectivity index (χ0) is 14.6. The van der Waals surface area contributed by atoms with E-state index in [2.05, 4.69) is 4.98 Å². The minimum atomic E-state index is -1.14. The summed E-state index contributed by atoms with van der Waals surface area (Å²) in [7, 11) is 0. The summed E-state index contributed by atoms with van der Waals surface area (Å²) in [5.74, 6) is 0.665. The summed E-state index contributed by atoms with van der Waals surface area (Å²) in [4.78, 5) is 4.14. The Balaban J connectivity index is 2.30. The number of halogens is 1. The Labute approximate surface area is 124 Å². The average Bonchev–Trinajstić information content (AvgIpc) is 2.46. The maximum Gasteiger partial charge on any atom is 0.137 e. The Kier molecular flexibility index (Phi) is 4.63. The molecule has 1 unspecified atom stereocenters. The fourth-order valence-electron chi connectivity index (χ4n) is 1.92. The molecule has 0 saturated carbocycles. The molecule has 0 amide bonds. The summed E-state index contributed by atoms with van der Waals surface area (Å²) in [5.41, 5.74) is 0.313. The van der Waals surface area contributed by atoms with Gasteiger partial charge in [-0.05, 0) is 37.1 Å². The maximum atomic E-state index is 10.8. The second-order valence-corrected chi connectivity index (χ2v) is 5.27. The second-order valence-electron chi connectivity index (χ2n) is 4.84. The minimum absolute atomic E-state index is 0.633. The maximum absolute atomic E-state index is 10.8. The molecule has 1 aromatic heterocycles.